The third kappa shape index (κ3) is 5.05. The Morgan fingerprint density at radius 3 is 2.60 bits per heavy atom. The van der Waals surface area contributed by atoms with E-state index in [0.29, 0.717) is 18.0 Å². The van der Waals surface area contributed by atoms with Crippen molar-refractivity contribution >= 4 is 16.8 Å². The molecule has 3 heterocycles. The number of pyridine rings is 1. The summed E-state index contributed by atoms with van der Waals surface area (Å²) >= 11 is 0. The van der Waals surface area contributed by atoms with Crippen molar-refractivity contribution in [3.63, 3.8) is 0 Å². The van der Waals surface area contributed by atoms with Crippen LogP contribution in [0.4, 0.5) is 0 Å². The van der Waals surface area contributed by atoms with E-state index in [4.69, 9.17) is 0 Å². The quantitative estimate of drug-likeness (QED) is 0.250. The van der Waals surface area contributed by atoms with Gasteiger partial charge < -0.3 is 15.3 Å². The predicted octanol–water partition coefficient (Wildman–Crippen LogP) is 6.23. The molecule has 7 rings (SSSR count). The van der Waals surface area contributed by atoms with Gasteiger partial charge in [0.15, 0.2) is 0 Å². The highest BCUT2D eigenvalue weighted by molar-refractivity contribution is 5.94. The number of H-pyrrole nitrogens is 2. The van der Waals surface area contributed by atoms with Crippen LogP contribution in [-0.4, -0.2) is 27.3 Å². The maximum absolute atomic E-state index is 12.9. The lowest BCUT2D eigenvalue weighted by Crippen LogP contribution is -2.48. The molecule has 3 aliphatic rings. The van der Waals surface area contributed by atoms with E-state index in [1.54, 1.807) is 12.3 Å². The Hall–Kier alpha value is -4.15. The minimum atomic E-state index is -0.180. The summed E-state index contributed by atoms with van der Waals surface area (Å²) in [6, 6.07) is 18.7. The van der Waals surface area contributed by atoms with Gasteiger partial charge in [0.25, 0.3) is 5.91 Å². The van der Waals surface area contributed by atoms with Crippen molar-refractivity contribution in [2.24, 2.45) is 11.3 Å². The van der Waals surface area contributed by atoms with Crippen LogP contribution in [0.2, 0.25) is 0 Å². The molecule has 1 atom stereocenters. The van der Waals surface area contributed by atoms with Crippen molar-refractivity contribution < 1.29 is 4.79 Å². The molecule has 0 unspecified atom stereocenters. The first-order chi connectivity index (χ1) is 20.4. The molecule has 7 nitrogen and oxygen atoms in total. The zero-order valence-electron chi connectivity index (χ0n) is 24.1. The van der Waals surface area contributed by atoms with Gasteiger partial charge in [-0.15, -0.1) is 0 Å². The Morgan fingerprint density at radius 1 is 1.07 bits per heavy atom. The third-order valence-corrected chi connectivity index (χ3v) is 9.95. The number of likely N-dealkylation sites (tertiary alicyclic amines) is 1. The van der Waals surface area contributed by atoms with Crippen LogP contribution in [-0.2, 0) is 13.1 Å². The molecular formula is C35H37N5O2. The molecule has 3 fully saturated rings. The lowest BCUT2D eigenvalue weighted by atomic mass is 9.56. The van der Waals surface area contributed by atoms with Crippen LogP contribution >= 0.6 is 0 Å². The molecule has 7 heteroatoms. The van der Waals surface area contributed by atoms with E-state index in [0.717, 1.165) is 44.3 Å². The van der Waals surface area contributed by atoms with E-state index < -0.39 is 0 Å². The zero-order chi connectivity index (χ0) is 28.8. The Kier molecular flexibility index (Phi) is 6.74. The normalized spacial score (nSPS) is 23.9. The van der Waals surface area contributed by atoms with E-state index in [1.165, 1.54) is 52.1 Å². The fourth-order valence-electron chi connectivity index (χ4n) is 7.52. The van der Waals surface area contributed by atoms with E-state index >= 15 is 0 Å². The lowest BCUT2D eigenvalue weighted by Gasteiger charge is -2.53. The largest absolute Gasteiger partial charge is 0.361 e. The smallest absolute Gasteiger partial charge is 0.251 e. The molecule has 0 bridgehead atoms. The molecular weight excluding hydrogens is 522 g/mol. The highest BCUT2D eigenvalue weighted by Gasteiger charge is 2.49. The highest BCUT2D eigenvalue weighted by Crippen LogP contribution is 2.57. The first kappa shape index (κ1) is 26.7. The molecule has 3 N–H and O–H groups in total. The minimum absolute atomic E-state index is 0.154. The van der Waals surface area contributed by atoms with Gasteiger partial charge in [0.1, 0.15) is 0 Å². The summed E-state index contributed by atoms with van der Waals surface area (Å²) in [6.07, 6.45) is 10.4. The number of nitriles is 1. The number of hydrogen-bond donors (Lipinski definition) is 3. The van der Waals surface area contributed by atoms with Crippen molar-refractivity contribution in [3.8, 4) is 6.07 Å². The van der Waals surface area contributed by atoms with Crippen LogP contribution in [0.15, 0.2) is 65.7 Å². The van der Waals surface area contributed by atoms with Gasteiger partial charge in [0, 0.05) is 60.0 Å². The molecule has 2 saturated carbocycles. The predicted molar refractivity (Wildman–Crippen MR) is 163 cm³/mol. The second-order valence-electron chi connectivity index (χ2n) is 12.8. The van der Waals surface area contributed by atoms with Crippen LogP contribution in [0.5, 0.6) is 0 Å². The topological polar surface area (TPSA) is 105 Å². The lowest BCUT2D eigenvalue weighted by molar-refractivity contribution is -0.0297. The first-order valence-corrected chi connectivity index (χ1v) is 15.2. The number of carbonyl (C=O) groups is 1. The summed E-state index contributed by atoms with van der Waals surface area (Å²) in [6.45, 7) is 4.42. The molecule has 2 aliphatic carbocycles. The van der Waals surface area contributed by atoms with Gasteiger partial charge >= 0.3 is 0 Å². The summed E-state index contributed by atoms with van der Waals surface area (Å²) in [4.78, 5) is 33.2. The number of piperidine rings is 1. The standard InChI is InChI=1S/C35H37N5O2/c1-22-14-29(25-2-3-25)30(28-9-12-38-33(22)28)21-40-13-10-35(16-24(17-35)19-36)18-31(40)26-4-6-27(7-5-26)34(42)39-20-23-8-11-37-32(41)15-23/h4-9,11-12,14-15,24-25,31,38H,2-3,10,13,16-18,20-21H2,1H3,(H,37,41)(H,39,42)/t24?,31-,35?/m0/s1. The molecule has 214 valence electrons. The van der Waals surface area contributed by atoms with Crippen molar-refractivity contribution in [2.75, 3.05) is 6.54 Å². The number of nitrogens with zero attached hydrogens (tertiary/aromatic N) is 2. The average Bonchev–Trinajstić information content (AvgIpc) is 3.71. The maximum Gasteiger partial charge on any atom is 0.251 e. The summed E-state index contributed by atoms with van der Waals surface area (Å²) in [5.41, 5.74) is 8.19. The monoisotopic (exact) mass is 559 g/mol. The Bertz CT molecular complexity index is 1730. The van der Waals surface area contributed by atoms with Crippen LogP contribution in [0.1, 0.15) is 88.7 Å². The molecule has 1 spiro atoms. The number of amides is 1. The fraction of sp³-hybridized carbons (Fsp3) is 0.400. The van der Waals surface area contributed by atoms with Crippen LogP contribution in [0.25, 0.3) is 10.9 Å². The highest BCUT2D eigenvalue weighted by atomic mass is 16.1. The number of carbonyl (C=O) groups excluding carboxylic acids is 1. The van der Waals surface area contributed by atoms with Crippen LogP contribution in [0, 0.1) is 29.6 Å². The Morgan fingerprint density at radius 2 is 1.86 bits per heavy atom. The van der Waals surface area contributed by atoms with Crippen molar-refractivity contribution in [3.05, 3.63) is 105 Å². The van der Waals surface area contributed by atoms with Crippen molar-refractivity contribution in [2.45, 2.75) is 70.5 Å². The van der Waals surface area contributed by atoms with E-state index in [9.17, 15) is 14.9 Å². The summed E-state index contributed by atoms with van der Waals surface area (Å²) in [5.74, 6) is 0.697. The molecule has 42 heavy (non-hydrogen) atoms. The van der Waals surface area contributed by atoms with Gasteiger partial charge in [-0.2, -0.15) is 5.26 Å². The number of aryl methyl sites for hydroxylation is 1. The molecule has 1 aliphatic heterocycles. The fourth-order valence-corrected chi connectivity index (χ4v) is 7.52. The van der Waals surface area contributed by atoms with Crippen molar-refractivity contribution in [1.29, 1.82) is 5.26 Å². The number of nitrogens with one attached hydrogen (secondary N) is 3. The maximum atomic E-state index is 12.9. The number of hydrogen-bond acceptors (Lipinski definition) is 4. The number of aromatic amines is 2. The zero-order valence-corrected chi connectivity index (χ0v) is 24.1. The number of rotatable bonds is 7. The second-order valence-corrected chi connectivity index (χ2v) is 12.8. The van der Waals surface area contributed by atoms with Gasteiger partial charge in [-0.3, -0.25) is 14.5 Å². The first-order valence-electron chi connectivity index (χ1n) is 15.2. The van der Waals surface area contributed by atoms with Gasteiger partial charge in [-0.1, -0.05) is 18.2 Å². The molecule has 2 aromatic heterocycles. The molecule has 0 radical (unpaired) electrons. The molecule has 1 saturated heterocycles. The third-order valence-electron chi connectivity index (χ3n) is 9.95. The van der Waals surface area contributed by atoms with Gasteiger partial charge in [-0.25, -0.2) is 0 Å². The Balaban J connectivity index is 1.15. The average molecular weight is 560 g/mol. The van der Waals surface area contributed by atoms with Gasteiger partial charge in [-0.05, 0) is 115 Å². The summed E-state index contributed by atoms with van der Waals surface area (Å²) in [5, 5.41) is 13.8. The van der Waals surface area contributed by atoms with E-state index in [1.807, 2.05) is 12.1 Å². The van der Waals surface area contributed by atoms with Crippen LogP contribution in [0.3, 0.4) is 0 Å². The second kappa shape index (κ2) is 10.6. The number of benzene rings is 2. The van der Waals surface area contributed by atoms with Gasteiger partial charge in [0.05, 0.1) is 6.07 Å². The SMILES string of the molecule is Cc1cc(C2CC2)c(CN2CCC3(CC(C#N)C3)C[C@H]2c2ccc(C(=O)NCc3cc[nH]c(=O)c3)cc2)c2cc[nH]c12. The molecule has 4 aromatic rings. The summed E-state index contributed by atoms with van der Waals surface area (Å²) < 4.78 is 0. The Labute approximate surface area is 246 Å². The van der Waals surface area contributed by atoms with Crippen molar-refractivity contribution in [1.82, 2.24) is 20.2 Å². The van der Waals surface area contributed by atoms with Gasteiger partial charge in [0.2, 0.25) is 5.56 Å². The molecule has 2 aromatic carbocycles. The number of fused-ring (bicyclic) bond motifs is 1. The minimum Gasteiger partial charge on any atom is -0.361 e. The van der Waals surface area contributed by atoms with E-state index in [2.05, 4.69) is 63.6 Å². The van der Waals surface area contributed by atoms with Crippen LogP contribution < -0.4 is 10.9 Å². The molecule has 1 amide bonds. The number of aromatic nitrogens is 2. The van der Waals surface area contributed by atoms with E-state index in [-0.39, 0.29) is 28.8 Å². The summed E-state index contributed by atoms with van der Waals surface area (Å²) in [7, 11) is 0.